The molecule has 0 unspecified atom stereocenters. The maximum absolute atomic E-state index is 12.2. The Morgan fingerprint density at radius 2 is 2.00 bits per heavy atom. The van der Waals surface area contributed by atoms with Crippen LogP contribution in [0.2, 0.25) is 0 Å². The van der Waals surface area contributed by atoms with E-state index in [1.165, 1.54) is 5.56 Å². The van der Waals surface area contributed by atoms with Crippen LogP contribution in [0.15, 0.2) is 52.6 Å². The number of hydrazone groups is 1. The maximum Gasteiger partial charge on any atom is 0.309 e. The minimum absolute atomic E-state index is 0.117. The monoisotopic (exact) mass is 478 g/mol. The van der Waals surface area contributed by atoms with E-state index in [-0.39, 0.29) is 11.3 Å². The fourth-order valence-electron chi connectivity index (χ4n) is 4.38. The number of thioether (sulfide) groups is 1. The van der Waals surface area contributed by atoms with Crippen LogP contribution in [0.4, 0.5) is 10.5 Å². The molecule has 0 spiro atoms. The van der Waals surface area contributed by atoms with Gasteiger partial charge in [0.2, 0.25) is 6.41 Å². The summed E-state index contributed by atoms with van der Waals surface area (Å²) in [6.07, 6.45) is 2.37. The predicted octanol–water partition coefficient (Wildman–Crippen LogP) is 5.11. The van der Waals surface area contributed by atoms with E-state index in [0.29, 0.717) is 12.1 Å². The first-order valence-electron chi connectivity index (χ1n) is 11.4. The van der Waals surface area contributed by atoms with Crippen molar-refractivity contribution in [2.24, 2.45) is 10.1 Å². The van der Waals surface area contributed by atoms with Gasteiger partial charge in [0.05, 0.1) is 23.1 Å². The van der Waals surface area contributed by atoms with E-state index < -0.39 is 4.75 Å². The lowest BCUT2D eigenvalue weighted by Crippen LogP contribution is -2.41. The fourth-order valence-corrected chi connectivity index (χ4v) is 5.25. The molecule has 0 aromatic heterocycles. The molecule has 4 rings (SSSR count). The molecule has 7 nitrogen and oxygen atoms in total. The van der Waals surface area contributed by atoms with Crippen molar-refractivity contribution in [3.63, 3.8) is 0 Å². The summed E-state index contributed by atoms with van der Waals surface area (Å²) in [5.74, 6) is 1.68. The highest BCUT2D eigenvalue weighted by Crippen LogP contribution is 2.38. The zero-order valence-corrected chi connectivity index (χ0v) is 21.1. The lowest BCUT2D eigenvalue weighted by Gasteiger charge is -2.35. The van der Waals surface area contributed by atoms with Crippen LogP contribution >= 0.6 is 11.8 Å². The number of imide groups is 1. The van der Waals surface area contributed by atoms with Gasteiger partial charge in [-0.15, -0.1) is 0 Å². The number of para-hydroxylation sites is 1. The van der Waals surface area contributed by atoms with Crippen LogP contribution in [-0.2, 0) is 11.2 Å². The molecule has 0 bridgehead atoms. The third-order valence-corrected chi connectivity index (χ3v) is 6.93. The first kappa shape index (κ1) is 24.0. The van der Waals surface area contributed by atoms with Crippen LogP contribution in [0.5, 0.6) is 5.75 Å². The molecule has 0 saturated carbocycles. The van der Waals surface area contributed by atoms with Crippen molar-refractivity contribution in [3.8, 4) is 5.75 Å². The molecular formula is C26H30N4O3S. The average Bonchev–Trinajstić information content (AvgIpc) is 2.81. The molecule has 8 heteroatoms. The molecule has 178 valence electrons. The normalized spacial score (nSPS) is 18.0. The van der Waals surface area contributed by atoms with Crippen molar-refractivity contribution in [2.75, 3.05) is 18.6 Å². The van der Waals surface area contributed by atoms with Crippen LogP contribution in [0.1, 0.15) is 50.8 Å². The van der Waals surface area contributed by atoms with Gasteiger partial charge in [-0.3, -0.25) is 14.6 Å². The lowest BCUT2D eigenvalue weighted by molar-refractivity contribution is -0.115. The van der Waals surface area contributed by atoms with Gasteiger partial charge in [-0.2, -0.15) is 10.1 Å². The minimum Gasteiger partial charge on any atom is -0.496 e. The van der Waals surface area contributed by atoms with Crippen LogP contribution in [0.3, 0.4) is 0 Å². The van der Waals surface area contributed by atoms with Gasteiger partial charge in [0.15, 0.2) is 0 Å². The minimum atomic E-state index is -0.541. The smallest absolute Gasteiger partial charge is 0.309 e. The molecule has 0 radical (unpaired) electrons. The summed E-state index contributed by atoms with van der Waals surface area (Å²) < 4.78 is 5.11. The van der Waals surface area contributed by atoms with Crippen molar-refractivity contribution in [2.45, 2.75) is 51.3 Å². The number of anilines is 1. The molecule has 0 fully saturated rings. The number of ether oxygens (including phenoxy) is 1. The molecule has 2 amide bonds. The summed E-state index contributed by atoms with van der Waals surface area (Å²) in [6, 6.07) is 14.3. The number of benzene rings is 2. The van der Waals surface area contributed by atoms with Gasteiger partial charge >= 0.3 is 5.24 Å². The highest BCUT2D eigenvalue weighted by Gasteiger charge is 2.38. The standard InChI is InChI=1S/C26H30N4O3S/c1-17(2)27-24(20-10-6-7-11-22(20)33-5)29-14-8-9-18-15-19(12-13-21(18)29)23-26(3,4)34-25(32)30(16-31)28-23/h6-7,10-13,15-17H,8-9,14H2,1-5H3. The van der Waals surface area contributed by atoms with Crippen molar-refractivity contribution in [1.82, 2.24) is 5.01 Å². The van der Waals surface area contributed by atoms with Gasteiger partial charge in [0.25, 0.3) is 0 Å². The second kappa shape index (κ2) is 9.62. The molecule has 34 heavy (non-hydrogen) atoms. The summed E-state index contributed by atoms with van der Waals surface area (Å²) in [7, 11) is 1.68. The number of carbonyl (C=O) groups excluding carboxylic acids is 2. The van der Waals surface area contributed by atoms with E-state index in [9.17, 15) is 9.59 Å². The van der Waals surface area contributed by atoms with E-state index in [0.717, 1.165) is 64.6 Å². The second-order valence-corrected chi connectivity index (χ2v) is 10.7. The number of methoxy groups -OCH3 is 1. The lowest BCUT2D eigenvalue weighted by atomic mass is 9.93. The quantitative estimate of drug-likeness (QED) is 0.339. The predicted molar refractivity (Wildman–Crippen MR) is 138 cm³/mol. The van der Waals surface area contributed by atoms with Crippen LogP contribution in [0.25, 0.3) is 0 Å². The Hall–Kier alpha value is -3.13. The molecule has 2 aliphatic rings. The molecule has 0 N–H and O–H groups in total. The average molecular weight is 479 g/mol. The van der Waals surface area contributed by atoms with Gasteiger partial charge in [-0.25, -0.2) is 0 Å². The summed E-state index contributed by atoms with van der Waals surface area (Å²) in [5.41, 5.74) is 4.88. The van der Waals surface area contributed by atoms with Gasteiger partial charge in [0.1, 0.15) is 11.6 Å². The topological polar surface area (TPSA) is 74.6 Å². The van der Waals surface area contributed by atoms with Crippen molar-refractivity contribution in [1.29, 1.82) is 0 Å². The summed E-state index contributed by atoms with van der Waals surface area (Å²) >= 11 is 1.11. The number of fused-ring (bicyclic) bond motifs is 1. The van der Waals surface area contributed by atoms with Gasteiger partial charge in [0, 0.05) is 18.3 Å². The van der Waals surface area contributed by atoms with E-state index in [1.54, 1.807) is 7.11 Å². The molecular weight excluding hydrogens is 448 g/mol. The zero-order valence-electron chi connectivity index (χ0n) is 20.2. The van der Waals surface area contributed by atoms with E-state index >= 15 is 0 Å². The number of nitrogens with zero attached hydrogens (tertiary/aromatic N) is 4. The number of amidine groups is 1. The Morgan fingerprint density at radius 1 is 1.24 bits per heavy atom. The first-order valence-corrected chi connectivity index (χ1v) is 12.3. The van der Waals surface area contributed by atoms with Crippen molar-refractivity contribution < 1.29 is 14.3 Å². The Balaban J connectivity index is 1.79. The number of aliphatic imine (C=N–C) groups is 1. The number of carbonyl (C=O) groups is 2. The molecule has 2 aromatic carbocycles. The highest BCUT2D eigenvalue weighted by atomic mass is 32.2. The Bertz CT molecular complexity index is 1170. The highest BCUT2D eigenvalue weighted by molar-refractivity contribution is 8.15. The molecule has 2 heterocycles. The summed E-state index contributed by atoms with van der Waals surface area (Å²) in [6.45, 7) is 8.91. The largest absolute Gasteiger partial charge is 0.496 e. The molecule has 0 saturated heterocycles. The van der Waals surface area contributed by atoms with Gasteiger partial charge < -0.3 is 9.64 Å². The fraction of sp³-hybridized carbons (Fsp3) is 0.385. The Labute approximate surface area is 204 Å². The zero-order chi connectivity index (χ0) is 24.5. The summed E-state index contributed by atoms with van der Waals surface area (Å²) in [4.78, 5) is 30.8. The molecule has 2 aliphatic heterocycles. The number of amides is 2. The molecule has 0 aliphatic carbocycles. The van der Waals surface area contributed by atoms with Crippen molar-refractivity contribution in [3.05, 3.63) is 59.2 Å². The Kier molecular flexibility index (Phi) is 6.79. The first-order chi connectivity index (χ1) is 16.2. The maximum atomic E-state index is 12.2. The SMILES string of the molecule is COc1ccccc1C(=NC(C)C)N1CCCc2cc(C3=NN(C=O)C(=O)SC3(C)C)ccc21. The van der Waals surface area contributed by atoms with Crippen LogP contribution < -0.4 is 9.64 Å². The second-order valence-electron chi connectivity index (χ2n) is 9.12. The third kappa shape index (κ3) is 4.59. The third-order valence-electron chi connectivity index (χ3n) is 5.86. The van der Waals surface area contributed by atoms with E-state index in [1.807, 2.05) is 44.2 Å². The number of rotatable bonds is 5. The summed E-state index contributed by atoms with van der Waals surface area (Å²) in [5, 5.41) is 4.89. The molecule has 2 aromatic rings. The Morgan fingerprint density at radius 3 is 2.71 bits per heavy atom. The number of hydrogen-bond donors (Lipinski definition) is 0. The van der Waals surface area contributed by atoms with Crippen LogP contribution in [0, 0.1) is 0 Å². The van der Waals surface area contributed by atoms with E-state index in [2.05, 4.69) is 36.0 Å². The van der Waals surface area contributed by atoms with Gasteiger partial charge in [-0.1, -0.05) is 18.2 Å². The van der Waals surface area contributed by atoms with E-state index in [4.69, 9.17) is 9.73 Å². The number of aryl methyl sites for hydroxylation is 1. The van der Waals surface area contributed by atoms with Gasteiger partial charge in [-0.05, 0) is 87.7 Å². The van der Waals surface area contributed by atoms with Crippen LogP contribution in [-0.4, -0.2) is 52.6 Å². The van der Waals surface area contributed by atoms with Crippen molar-refractivity contribution >= 4 is 40.6 Å². The number of hydrogen-bond acceptors (Lipinski definition) is 6. The molecule has 0 atom stereocenters.